The zero-order valence-corrected chi connectivity index (χ0v) is 7.43. The minimum Gasteiger partial charge on any atom is -0.390 e. The zero-order chi connectivity index (χ0) is 10.1. The molecular formula is C10H9NO3+. The van der Waals surface area contributed by atoms with E-state index in [1.54, 1.807) is 24.3 Å². The smallest absolute Gasteiger partial charge is 0.390 e. The molecule has 71 valence electrons. The maximum atomic E-state index is 11.6. The molecule has 1 aromatic rings. The van der Waals surface area contributed by atoms with Gasteiger partial charge < -0.3 is 5.11 Å². The number of benzene rings is 1. The van der Waals surface area contributed by atoms with Crippen molar-refractivity contribution in [2.45, 2.75) is 0 Å². The summed E-state index contributed by atoms with van der Waals surface area (Å²) in [5.74, 6) is -0.640. The summed E-state index contributed by atoms with van der Waals surface area (Å²) in [7, 11) is 0. The summed E-state index contributed by atoms with van der Waals surface area (Å²) >= 11 is 0. The number of hydrogen-bond acceptors (Lipinski definition) is 3. The minimum absolute atomic E-state index is 0.0619. The van der Waals surface area contributed by atoms with Crippen LogP contribution in [-0.4, -0.2) is 30.1 Å². The summed E-state index contributed by atoms with van der Waals surface area (Å²) in [4.78, 5) is 24.2. The van der Waals surface area contributed by atoms with Gasteiger partial charge in [0.2, 0.25) is 0 Å². The molecule has 0 unspecified atom stereocenters. The Morgan fingerprint density at radius 2 is 1.57 bits per heavy atom. The molecular weight excluding hydrogens is 182 g/mol. The van der Waals surface area contributed by atoms with E-state index in [1.165, 1.54) is 0 Å². The molecule has 14 heavy (non-hydrogen) atoms. The molecule has 1 aliphatic heterocycles. The van der Waals surface area contributed by atoms with Crippen molar-refractivity contribution in [1.82, 2.24) is 4.90 Å². The van der Waals surface area contributed by atoms with Crippen LogP contribution in [0.25, 0.3) is 0 Å². The lowest BCUT2D eigenvalue weighted by molar-refractivity contribution is 0.0749. The van der Waals surface area contributed by atoms with Gasteiger partial charge in [-0.1, -0.05) is 12.1 Å². The third-order valence-electron chi connectivity index (χ3n) is 2.20. The molecule has 4 nitrogen and oxygen atoms in total. The molecule has 0 aliphatic carbocycles. The number of fused-ring (bicyclic) bond motifs is 1. The first-order chi connectivity index (χ1) is 6.75. The molecule has 1 heterocycles. The van der Waals surface area contributed by atoms with Crippen LogP contribution in [0, 0.1) is 0 Å². The average Bonchev–Trinajstić information content (AvgIpc) is 2.45. The third kappa shape index (κ3) is 1.16. The lowest BCUT2D eigenvalue weighted by Gasteiger charge is -1.95. The van der Waals surface area contributed by atoms with Gasteiger partial charge in [0.05, 0.1) is 6.61 Å². The molecule has 0 aromatic heterocycles. The predicted molar refractivity (Wildman–Crippen MR) is 49.2 cm³/mol. The summed E-state index contributed by atoms with van der Waals surface area (Å²) in [6.45, 7) is -0.141. The van der Waals surface area contributed by atoms with E-state index in [9.17, 15) is 9.59 Å². The molecule has 1 radical (unpaired) electrons. The van der Waals surface area contributed by atoms with Crippen molar-refractivity contribution in [3.63, 3.8) is 0 Å². The van der Waals surface area contributed by atoms with Gasteiger partial charge in [0.1, 0.15) is 11.1 Å². The van der Waals surface area contributed by atoms with Gasteiger partial charge in [-0.25, -0.2) is 9.59 Å². The summed E-state index contributed by atoms with van der Waals surface area (Å²) in [5, 5.41) is 8.70. The first kappa shape index (κ1) is 9.05. The largest absolute Gasteiger partial charge is 0.402 e. The monoisotopic (exact) mass is 191 g/mol. The van der Waals surface area contributed by atoms with E-state index in [0.717, 1.165) is 4.90 Å². The molecule has 1 aromatic carbocycles. The van der Waals surface area contributed by atoms with E-state index in [4.69, 9.17) is 5.11 Å². The molecule has 0 bridgehead atoms. The van der Waals surface area contributed by atoms with Crippen molar-refractivity contribution in [1.29, 1.82) is 0 Å². The minimum atomic E-state index is -0.320. The summed E-state index contributed by atoms with van der Waals surface area (Å²) in [5.41, 5.74) is 0.844. The maximum Gasteiger partial charge on any atom is 0.402 e. The SMILES string of the molecule is O=C1c2ccccc2C(=O)[N+]1CCO. The molecule has 0 spiro atoms. The van der Waals surface area contributed by atoms with Gasteiger partial charge in [-0.3, -0.25) is 0 Å². The van der Waals surface area contributed by atoms with E-state index < -0.39 is 0 Å². The Labute approximate surface area is 80.8 Å². The van der Waals surface area contributed by atoms with Gasteiger partial charge in [-0.05, 0) is 17.0 Å². The van der Waals surface area contributed by atoms with E-state index in [2.05, 4.69) is 0 Å². The number of hydrogen-bond donors (Lipinski definition) is 1. The number of rotatable bonds is 2. The van der Waals surface area contributed by atoms with E-state index in [0.29, 0.717) is 11.1 Å². The fraction of sp³-hybridized carbons (Fsp3) is 0.200. The van der Waals surface area contributed by atoms with Crippen LogP contribution >= 0.6 is 0 Å². The number of amides is 2. The first-order valence-electron chi connectivity index (χ1n) is 4.32. The maximum absolute atomic E-state index is 11.6. The molecule has 2 rings (SSSR count). The van der Waals surface area contributed by atoms with Crippen molar-refractivity contribution in [3.05, 3.63) is 35.4 Å². The first-order valence-corrected chi connectivity index (χ1v) is 4.32. The molecule has 4 heteroatoms. The van der Waals surface area contributed by atoms with Crippen LogP contribution in [0.5, 0.6) is 0 Å². The second kappa shape index (κ2) is 3.32. The Morgan fingerprint density at radius 1 is 1.07 bits per heavy atom. The van der Waals surface area contributed by atoms with Crippen LogP contribution in [0.1, 0.15) is 20.7 Å². The number of aliphatic hydroxyl groups is 1. The second-order valence-electron chi connectivity index (χ2n) is 3.03. The van der Waals surface area contributed by atoms with Crippen molar-refractivity contribution in [2.24, 2.45) is 0 Å². The summed E-state index contributed by atoms with van der Waals surface area (Å²) < 4.78 is 0. The normalized spacial score (nSPS) is 16.1. The topological polar surface area (TPSA) is 60.3 Å². The van der Waals surface area contributed by atoms with Crippen LogP contribution in [0.3, 0.4) is 0 Å². The molecule has 2 amide bonds. The molecule has 0 saturated heterocycles. The molecule has 0 atom stereocenters. The Morgan fingerprint density at radius 3 is 2.00 bits per heavy atom. The van der Waals surface area contributed by atoms with Gasteiger partial charge in [-0.15, -0.1) is 0 Å². The second-order valence-corrected chi connectivity index (χ2v) is 3.03. The van der Waals surface area contributed by atoms with E-state index >= 15 is 0 Å². The van der Waals surface area contributed by atoms with Gasteiger partial charge in [0.15, 0.2) is 6.54 Å². The van der Waals surface area contributed by atoms with Gasteiger partial charge in [0.25, 0.3) is 0 Å². The lowest BCUT2D eigenvalue weighted by atomic mass is 10.1. The zero-order valence-electron chi connectivity index (χ0n) is 7.43. The van der Waals surface area contributed by atoms with E-state index in [1.807, 2.05) is 0 Å². The van der Waals surface area contributed by atoms with Crippen LogP contribution in [0.2, 0.25) is 0 Å². The predicted octanol–water partition coefficient (Wildman–Crippen LogP) is 0.113. The molecule has 0 fully saturated rings. The van der Waals surface area contributed by atoms with Crippen LogP contribution in [0.15, 0.2) is 24.3 Å². The third-order valence-corrected chi connectivity index (χ3v) is 2.20. The van der Waals surface area contributed by atoms with Gasteiger partial charge >= 0.3 is 11.8 Å². The standard InChI is InChI=1S/C10H9NO3/c12-6-5-11-9(13)7-3-1-2-4-8(7)10(11)14/h1-4,12H,5-6H2/q+1. The Hall–Kier alpha value is -1.52. The van der Waals surface area contributed by atoms with Gasteiger partial charge in [0, 0.05) is 0 Å². The average molecular weight is 191 g/mol. The fourth-order valence-corrected chi connectivity index (χ4v) is 1.54. The van der Waals surface area contributed by atoms with Crippen molar-refractivity contribution < 1.29 is 14.7 Å². The van der Waals surface area contributed by atoms with Crippen LogP contribution in [0.4, 0.5) is 0 Å². The number of imide groups is 1. The number of β-amino-alcohol motifs (C(OH)–C–C–N with tert-alkyl or cyclic N) is 1. The fourth-order valence-electron chi connectivity index (χ4n) is 1.54. The highest BCUT2D eigenvalue weighted by atomic mass is 16.3. The molecule has 1 aliphatic rings. The van der Waals surface area contributed by atoms with Crippen molar-refractivity contribution >= 4 is 11.8 Å². The van der Waals surface area contributed by atoms with E-state index in [-0.39, 0.29) is 25.0 Å². The quantitative estimate of drug-likeness (QED) is 0.533. The highest BCUT2D eigenvalue weighted by Gasteiger charge is 2.46. The van der Waals surface area contributed by atoms with Crippen LogP contribution < -0.4 is 4.90 Å². The number of carbonyl (C=O) groups is 2. The lowest BCUT2D eigenvalue weighted by Crippen LogP contribution is -2.38. The molecule has 1 N–H and O–H groups in total. The number of aliphatic hydroxyl groups excluding tert-OH is 1. The van der Waals surface area contributed by atoms with Crippen molar-refractivity contribution in [3.8, 4) is 0 Å². The number of nitrogens with zero attached hydrogens (tertiary/aromatic N) is 1. The highest BCUT2D eigenvalue weighted by molar-refractivity contribution is 6.23. The Bertz CT molecular complexity index is 365. The summed E-state index contributed by atoms with van der Waals surface area (Å²) in [6, 6.07) is 6.67. The number of carbonyl (C=O) groups excluding carboxylic acids is 2. The van der Waals surface area contributed by atoms with Crippen molar-refractivity contribution in [2.75, 3.05) is 13.2 Å². The Kier molecular flexibility index (Phi) is 2.15. The Balaban J connectivity index is 2.43. The van der Waals surface area contributed by atoms with Crippen LogP contribution in [-0.2, 0) is 0 Å². The molecule has 0 saturated carbocycles. The van der Waals surface area contributed by atoms with Gasteiger partial charge in [-0.2, -0.15) is 0 Å². The summed E-state index contributed by atoms with van der Waals surface area (Å²) in [6.07, 6.45) is 0. The highest BCUT2D eigenvalue weighted by Crippen LogP contribution is 2.19.